The first-order chi connectivity index (χ1) is 11.1. The summed E-state index contributed by atoms with van der Waals surface area (Å²) in [6.45, 7) is 1.95. The molecule has 2 aromatic carbocycles. The fraction of sp³-hybridized carbons (Fsp3) is 0.176. The summed E-state index contributed by atoms with van der Waals surface area (Å²) in [4.78, 5) is 8.53. The highest BCUT2D eigenvalue weighted by Gasteiger charge is 2.12. The first-order valence-corrected chi connectivity index (χ1v) is 7.05. The van der Waals surface area contributed by atoms with Gasteiger partial charge in [-0.05, 0) is 30.7 Å². The van der Waals surface area contributed by atoms with Gasteiger partial charge >= 0.3 is 0 Å². The van der Waals surface area contributed by atoms with Gasteiger partial charge in [0.15, 0.2) is 11.5 Å². The van der Waals surface area contributed by atoms with Gasteiger partial charge < -0.3 is 19.9 Å². The van der Waals surface area contributed by atoms with Crippen molar-refractivity contribution in [2.24, 2.45) is 0 Å². The highest BCUT2D eigenvalue weighted by molar-refractivity contribution is 5.93. The minimum Gasteiger partial charge on any atom is -0.506 e. The number of aromatic hydroxyl groups is 1. The van der Waals surface area contributed by atoms with Gasteiger partial charge in [-0.2, -0.15) is 0 Å². The van der Waals surface area contributed by atoms with Crippen molar-refractivity contribution in [3.63, 3.8) is 0 Å². The first-order valence-electron chi connectivity index (χ1n) is 7.05. The molecule has 0 saturated carbocycles. The summed E-state index contributed by atoms with van der Waals surface area (Å²) in [6, 6.07) is 8.93. The van der Waals surface area contributed by atoms with Crippen LogP contribution in [-0.2, 0) is 0 Å². The summed E-state index contributed by atoms with van der Waals surface area (Å²) in [6.07, 6.45) is 1.46. The number of benzene rings is 2. The maximum atomic E-state index is 10.0. The third-order valence-electron chi connectivity index (χ3n) is 3.55. The van der Waals surface area contributed by atoms with E-state index in [0.717, 1.165) is 10.9 Å². The van der Waals surface area contributed by atoms with Gasteiger partial charge in [-0.1, -0.05) is 6.07 Å². The molecule has 0 atom stereocenters. The lowest BCUT2D eigenvalue weighted by Crippen LogP contribution is -1.98. The van der Waals surface area contributed by atoms with Crippen LogP contribution in [0.15, 0.2) is 36.7 Å². The quantitative estimate of drug-likeness (QED) is 0.719. The smallest absolute Gasteiger partial charge is 0.162 e. The second-order valence-electron chi connectivity index (χ2n) is 5.09. The van der Waals surface area contributed by atoms with Gasteiger partial charge in [0.2, 0.25) is 0 Å². The lowest BCUT2D eigenvalue weighted by molar-refractivity contribution is 0.356. The molecule has 1 aromatic heterocycles. The average molecular weight is 311 g/mol. The molecule has 23 heavy (non-hydrogen) atoms. The number of nitrogens with zero attached hydrogens (tertiary/aromatic N) is 2. The minimum atomic E-state index is 0.155. The zero-order valence-corrected chi connectivity index (χ0v) is 13.1. The van der Waals surface area contributed by atoms with E-state index in [-0.39, 0.29) is 5.75 Å². The predicted octanol–water partition coefficient (Wildman–Crippen LogP) is 3.40. The van der Waals surface area contributed by atoms with Crippen LogP contribution < -0.4 is 14.8 Å². The third kappa shape index (κ3) is 2.83. The molecule has 0 amide bonds. The topological polar surface area (TPSA) is 76.5 Å². The van der Waals surface area contributed by atoms with E-state index in [1.807, 2.05) is 25.1 Å². The Bertz CT molecular complexity index is 865. The van der Waals surface area contributed by atoms with E-state index in [1.165, 1.54) is 6.33 Å². The number of nitrogens with one attached hydrogen (secondary N) is 1. The Kier molecular flexibility index (Phi) is 3.89. The Balaban J connectivity index is 2.12. The molecular weight excluding hydrogens is 294 g/mol. The van der Waals surface area contributed by atoms with E-state index in [4.69, 9.17) is 9.47 Å². The molecule has 0 unspecified atom stereocenters. The predicted molar refractivity (Wildman–Crippen MR) is 88.8 cm³/mol. The Labute approximate surface area is 133 Å². The summed E-state index contributed by atoms with van der Waals surface area (Å²) in [5, 5.41) is 13.9. The minimum absolute atomic E-state index is 0.155. The van der Waals surface area contributed by atoms with Crippen molar-refractivity contribution in [3.8, 4) is 17.2 Å². The number of anilines is 2. The van der Waals surface area contributed by atoms with E-state index in [2.05, 4.69) is 15.3 Å². The van der Waals surface area contributed by atoms with Crippen molar-refractivity contribution in [2.75, 3.05) is 19.5 Å². The number of phenols is 1. The van der Waals surface area contributed by atoms with Crippen molar-refractivity contribution in [3.05, 3.63) is 42.2 Å². The number of rotatable bonds is 4. The van der Waals surface area contributed by atoms with Gasteiger partial charge in [-0.25, -0.2) is 9.97 Å². The van der Waals surface area contributed by atoms with Crippen molar-refractivity contribution in [2.45, 2.75) is 6.92 Å². The number of fused-ring (bicyclic) bond motifs is 1. The standard InChI is InChI=1S/C17H17N3O3/c1-10-4-5-14(21)13(6-10)20-17-11-7-15(22-2)16(23-3)8-12(11)18-9-19-17/h4-9,21H,1-3H3,(H,18,19,20). The molecule has 3 aromatic rings. The van der Waals surface area contributed by atoms with Crippen LogP contribution in [0.25, 0.3) is 10.9 Å². The number of hydrogen-bond acceptors (Lipinski definition) is 6. The molecule has 0 spiro atoms. The van der Waals surface area contributed by atoms with Crippen molar-refractivity contribution in [1.29, 1.82) is 0 Å². The van der Waals surface area contributed by atoms with E-state index in [9.17, 15) is 5.11 Å². The molecule has 0 bridgehead atoms. The summed E-state index contributed by atoms with van der Waals surface area (Å²) in [7, 11) is 3.15. The van der Waals surface area contributed by atoms with Crippen LogP contribution >= 0.6 is 0 Å². The van der Waals surface area contributed by atoms with Crippen molar-refractivity contribution >= 4 is 22.4 Å². The van der Waals surface area contributed by atoms with E-state index >= 15 is 0 Å². The average Bonchev–Trinajstić information content (AvgIpc) is 2.57. The Morgan fingerprint density at radius 2 is 1.74 bits per heavy atom. The molecular formula is C17H17N3O3. The number of methoxy groups -OCH3 is 2. The monoisotopic (exact) mass is 311 g/mol. The molecule has 0 fully saturated rings. The van der Waals surface area contributed by atoms with Gasteiger partial charge in [0, 0.05) is 11.5 Å². The number of ether oxygens (including phenoxy) is 2. The number of phenolic OH excluding ortho intramolecular Hbond substituents is 1. The van der Waals surface area contributed by atoms with Crippen LogP contribution in [0.5, 0.6) is 17.2 Å². The normalized spacial score (nSPS) is 10.6. The van der Waals surface area contributed by atoms with Crippen LogP contribution in [0.4, 0.5) is 11.5 Å². The molecule has 3 rings (SSSR count). The molecule has 6 nitrogen and oxygen atoms in total. The summed E-state index contributed by atoms with van der Waals surface area (Å²) >= 11 is 0. The van der Waals surface area contributed by atoms with Crippen LogP contribution in [0, 0.1) is 6.92 Å². The Morgan fingerprint density at radius 1 is 1.00 bits per heavy atom. The summed E-state index contributed by atoms with van der Waals surface area (Å²) < 4.78 is 10.6. The van der Waals surface area contributed by atoms with Gasteiger partial charge in [0.25, 0.3) is 0 Å². The molecule has 2 N–H and O–H groups in total. The lowest BCUT2D eigenvalue weighted by Gasteiger charge is -2.13. The van der Waals surface area contributed by atoms with Crippen LogP contribution in [0.3, 0.4) is 0 Å². The number of aromatic nitrogens is 2. The maximum absolute atomic E-state index is 10.0. The summed E-state index contributed by atoms with van der Waals surface area (Å²) in [5.41, 5.74) is 2.33. The second-order valence-corrected chi connectivity index (χ2v) is 5.09. The van der Waals surface area contributed by atoms with Crippen LogP contribution in [-0.4, -0.2) is 29.3 Å². The fourth-order valence-electron chi connectivity index (χ4n) is 2.36. The lowest BCUT2D eigenvalue weighted by atomic mass is 10.2. The molecule has 0 radical (unpaired) electrons. The van der Waals surface area contributed by atoms with Crippen molar-refractivity contribution < 1.29 is 14.6 Å². The zero-order chi connectivity index (χ0) is 16.4. The molecule has 1 heterocycles. The van der Waals surface area contributed by atoms with E-state index in [0.29, 0.717) is 28.5 Å². The summed E-state index contributed by atoms with van der Waals surface area (Å²) in [5.74, 6) is 1.93. The molecule has 118 valence electrons. The zero-order valence-electron chi connectivity index (χ0n) is 13.1. The molecule has 0 aliphatic carbocycles. The first kappa shape index (κ1) is 14.9. The van der Waals surface area contributed by atoms with Gasteiger partial charge in [0.1, 0.15) is 17.9 Å². The van der Waals surface area contributed by atoms with Gasteiger partial charge in [0.05, 0.1) is 25.4 Å². The van der Waals surface area contributed by atoms with E-state index in [1.54, 1.807) is 26.4 Å². The Hall–Kier alpha value is -3.02. The second kappa shape index (κ2) is 6.00. The largest absolute Gasteiger partial charge is 0.506 e. The van der Waals surface area contributed by atoms with E-state index < -0.39 is 0 Å². The van der Waals surface area contributed by atoms with Crippen molar-refractivity contribution in [1.82, 2.24) is 9.97 Å². The van der Waals surface area contributed by atoms with Gasteiger partial charge in [-0.3, -0.25) is 0 Å². The number of hydrogen-bond donors (Lipinski definition) is 2. The van der Waals surface area contributed by atoms with Gasteiger partial charge in [-0.15, -0.1) is 0 Å². The van der Waals surface area contributed by atoms with Crippen LogP contribution in [0.2, 0.25) is 0 Å². The third-order valence-corrected chi connectivity index (χ3v) is 3.55. The fourth-order valence-corrected chi connectivity index (χ4v) is 2.36. The molecule has 6 heteroatoms. The highest BCUT2D eigenvalue weighted by Crippen LogP contribution is 2.35. The molecule has 0 aliphatic heterocycles. The maximum Gasteiger partial charge on any atom is 0.162 e. The SMILES string of the molecule is COc1cc2ncnc(Nc3cc(C)ccc3O)c2cc1OC. The number of aryl methyl sites for hydroxylation is 1. The van der Waals surface area contributed by atoms with Crippen LogP contribution in [0.1, 0.15) is 5.56 Å². The molecule has 0 aliphatic rings. The molecule has 0 saturated heterocycles. The Morgan fingerprint density at radius 3 is 2.48 bits per heavy atom. The highest BCUT2D eigenvalue weighted by atomic mass is 16.5.